The smallest absolute Gasteiger partial charge is 0.261 e. The predicted octanol–water partition coefficient (Wildman–Crippen LogP) is 5.20. The van der Waals surface area contributed by atoms with Crippen molar-refractivity contribution in [2.75, 3.05) is 30.6 Å². The van der Waals surface area contributed by atoms with Crippen LogP contribution in [0.4, 0.5) is 5.69 Å². The van der Waals surface area contributed by atoms with Crippen molar-refractivity contribution >= 4 is 39.3 Å². The molecular formula is C29H33N3O4S2. The second kappa shape index (κ2) is 13.0. The minimum Gasteiger partial charge on any atom is -0.352 e. The summed E-state index contributed by atoms with van der Waals surface area (Å²) in [5.41, 5.74) is 1.89. The highest BCUT2D eigenvalue weighted by Crippen LogP contribution is 2.28. The van der Waals surface area contributed by atoms with Gasteiger partial charge >= 0.3 is 0 Å². The number of benzene rings is 3. The van der Waals surface area contributed by atoms with Crippen LogP contribution in [0, 0.1) is 0 Å². The summed E-state index contributed by atoms with van der Waals surface area (Å²) < 4.78 is 29.4. The van der Waals surface area contributed by atoms with Gasteiger partial charge in [-0.15, -0.1) is 11.8 Å². The number of rotatable bonds is 9. The SMILES string of the molecule is CSc1ccc(S(=O)(=O)Nc2ccccc2C(=O)NCCc2ccccc2)cc1C(=O)N1CCCCCC1. The summed E-state index contributed by atoms with van der Waals surface area (Å²) in [5.74, 6) is -0.513. The van der Waals surface area contributed by atoms with E-state index in [0.717, 1.165) is 36.1 Å². The number of sulfonamides is 1. The summed E-state index contributed by atoms with van der Waals surface area (Å²) in [6.07, 6.45) is 6.62. The van der Waals surface area contributed by atoms with Gasteiger partial charge < -0.3 is 10.2 Å². The molecule has 200 valence electrons. The van der Waals surface area contributed by atoms with Gasteiger partial charge in [0.1, 0.15) is 0 Å². The first-order valence-corrected chi connectivity index (χ1v) is 15.5. The highest BCUT2D eigenvalue weighted by molar-refractivity contribution is 7.98. The van der Waals surface area contributed by atoms with Crippen LogP contribution in [-0.2, 0) is 16.4 Å². The molecule has 1 saturated heterocycles. The number of anilines is 1. The molecule has 0 radical (unpaired) electrons. The van der Waals surface area contributed by atoms with Crippen LogP contribution >= 0.6 is 11.8 Å². The first-order chi connectivity index (χ1) is 18.4. The lowest BCUT2D eigenvalue weighted by Gasteiger charge is -2.22. The van der Waals surface area contributed by atoms with Crippen LogP contribution < -0.4 is 10.0 Å². The highest BCUT2D eigenvalue weighted by atomic mass is 32.2. The molecule has 3 aromatic rings. The van der Waals surface area contributed by atoms with Crippen molar-refractivity contribution in [1.29, 1.82) is 0 Å². The molecule has 0 aromatic heterocycles. The molecule has 0 saturated carbocycles. The Labute approximate surface area is 229 Å². The van der Waals surface area contributed by atoms with Gasteiger partial charge in [0, 0.05) is 24.5 Å². The van der Waals surface area contributed by atoms with Crippen LogP contribution in [-0.4, -0.2) is 51.0 Å². The highest BCUT2D eigenvalue weighted by Gasteiger charge is 2.24. The lowest BCUT2D eigenvalue weighted by Crippen LogP contribution is -2.32. The van der Waals surface area contributed by atoms with Crippen molar-refractivity contribution < 1.29 is 18.0 Å². The molecule has 4 rings (SSSR count). The molecule has 0 unspecified atom stereocenters. The summed E-state index contributed by atoms with van der Waals surface area (Å²) in [6, 6.07) is 20.9. The van der Waals surface area contributed by atoms with Crippen molar-refractivity contribution in [3.63, 3.8) is 0 Å². The van der Waals surface area contributed by atoms with Crippen molar-refractivity contribution in [2.24, 2.45) is 0 Å². The third-order valence-electron chi connectivity index (χ3n) is 6.56. The molecule has 1 aliphatic rings. The van der Waals surface area contributed by atoms with Gasteiger partial charge in [-0.05, 0) is 61.4 Å². The number of thioether (sulfide) groups is 1. The molecule has 1 fully saturated rings. The molecule has 2 amide bonds. The minimum absolute atomic E-state index is 0.0206. The molecule has 38 heavy (non-hydrogen) atoms. The number of nitrogens with zero attached hydrogens (tertiary/aromatic N) is 1. The maximum absolute atomic E-state index is 13.4. The molecule has 2 N–H and O–H groups in total. The molecule has 0 spiro atoms. The lowest BCUT2D eigenvalue weighted by molar-refractivity contribution is 0.0757. The van der Waals surface area contributed by atoms with E-state index >= 15 is 0 Å². The van der Waals surface area contributed by atoms with Gasteiger partial charge in [-0.3, -0.25) is 14.3 Å². The zero-order valence-electron chi connectivity index (χ0n) is 21.5. The second-order valence-electron chi connectivity index (χ2n) is 9.21. The number of likely N-dealkylation sites (tertiary alicyclic amines) is 1. The largest absolute Gasteiger partial charge is 0.352 e. The molecule has 7 nitrogen and oxygen atoms in total. The Kier molecular flexibility index (Phi) is 9.47. The third-order valence-corrected chi connectivity index (χ3v) is 8.72. The number of para-hydroxylation sites is 1. The quantitative estimate of drug-likeness (QED) is 0.357. The van der Waals surface area contributed by atoms with Crippen molar-refractivity contribution in [3.05, 3.63) is 89.5 Å². The summed E-state index contributed by atoms with van der Waals surface area (Å²) in [5, 5.41) is 2.87. The average molecular weight is 552 g/mol. The Bertz CT molecular complexity index is 1370. The Morgan fingerprint density at radius 1 is 0.868 bits per heavy atom. The van der Waals surface area contributed by atoms with Gasteiger partial charge in [0.2, 0.25) is 0 Å². The van der Waals surface area contributed by atoms with Gasteiger partial charge in [-0.1, -0.05) is 55.3 Å². The van der Waals surface area contributed by atoms with Crippen molar-refractivity contribution in [2.45, 2.75) is 41.9 Å². The zero-order chi connectivity index (χ0) is 27.0. The average Bonchev–Trinajstić information content (AvgIpc) is 3.23. The van der Waals surface area contributed by atoms with Crippen LogP contribution in [0.1, 0.15) is 52.0 Å². The van der Waals surface area contributed by atoms with Gasteiger partial charge in [0.15, 0.2) is 0 Å². The van der Waals surface area contributed by atoms with Crippen LogP contribution in [0.15, 0.2) is 82.6 Å². The fourth-order valence-electron chi connectivity index (χ4n) is 4.50. The Morgan fingerprint density at radius 2 is 1.55 bits per heavy atom. The molecule has 0 bridgehead atoms. The summed E-state index contributed by atoms with van der Waals surface area (Å²) in [4.78, 5) is 28.8. The summed E-state index contributed by atoms with van der Waals surface area (Å²) in [7, 11) is -4.06. The number of hydrogen-bond donors (Lipinski definition) is 2. The van der Waals surface area contributed by atoms with Gasteiger partial charge in [0.25, 0.3) is 21.8 Å². The van der Waals surface area contributed by atoms with E-state index in [1.54, 1.807) is 30.3 Å². The summed E-state index contributed by atoms with van der Waals surface area (Å²) in [6.45, 7) is 1.77. The Balaban J connectivity index is 1.52. The number of carbonyl (C=O) groups is 2. The van der Waals surface area contributed by atoms with E-state index in [1.165, 1.54) is 23.9 Å². The normalized spacial score (nSPS) is 14.0. The molecule has 0 aliphatic carbocycles. The number of carbonyl (C=O) groups excluding carboxylic acids is 2. The van der Waals surface area contributed by atoms with E-state index in [4.69, 9.17) is 0 Å². The van der Waals surface area contributed by atoms with Gasteiger partial charge in [-0.25, -0.2) is 8.42 Å². The van der Waals surface area contributed by atoms with Crippen LogP contribution in [0.2, 0.25) is 0 Å². The fourth-order valence-corrected chi connectivity index (χ4v) is 6.18. The van der Waals surface area contributed by atoms with Gasteiger partial charge in [-0.2, -0.15) is 0 Å². The van der Waals surface area contributed by atoms with E-state index in [-0.39, 0.29) is 28.0 Å². The van der Waals surface area contributed by atoms with E-state index in [0.29, 0.717) is 31.6 Å². The second-order valence-corrected chi connectivity index (χ2v) is 11.7. The van der Waals surface area contributed by atoms with E-state index in [2.05, 4.69) is 10.0 Å². The maximum atomic E-state index is 13.4. The minimum atomic E-state index is -4.06. The van der Waals surface area contributed by atoms with Crippen LogP contribution in [0.3, 0.4) is 0 Å². The number of hydrogen-bond acceptors (Lipinski definition) is 5. The molecular weight excluding hydrogens is 518 g/mol. The van der Waals surface area contributed by atoms with Crippen LogP contribution in [0.25, 0.3) is 0 Å². The fraction of sp³-hybridized carbons (Fsp3) is 0.310. The van der Waals surface area contributed by atoms with Crippen LogP contribution in [0.5, 0.6) is 0 Å². The molecule has 3 aromatic carbocycles. The first kappa shape index (κ1) is 27.7. The monoisotopic (exact) mass is 551 g/mol. The molecule has 9 heteroatoms. The van der Waals surface area contributed by atoms with Gasteiger partial charge in [0.05, 0.1) is 21.7 Å². The summed E-state index contributed by atoms with van der Waals surface area (Å²) >= 11 is 1.41. The van der Waals surface area contributed by atoms with Crippen molar-refractivity contribution in [3.8, 4) is 0 Å². The standard InChI is InChI=1S/C29H33N3O4S2/c1-37-27-16-15-23(21-25(27)29(34)32-19-9-2-3-10-20-32)38(35,36)31-26-14-8-7-13-24(26)28(33)30-18-17-22-11-5-4-6-12-22/h4-8,11-16,21,31H,2-3,9-10,17-20H2,1H3,(H,30,33). The Morgan fingerprint density at radius 3 is 2.26 bits per heavy atom. The van der Waals surface area contributed by atoms with E-state index in [1.807, 2.05) is 41.5 Å². The molecule has 0 atom stereocenters. The molecule has 1 heterocycles. The zero-order valence-corrected chi connectivity index (χ0v) is 23.1. The first-order valence-electron chi connectivity index (χ1n) is 12.8. The number of nitrogens with one attached hydrogen (secondary N) is 2. The lowest BCUT2D eigenvalue weighted by atomic mass is 10.1. The number of amides is 2. The predicted molar refractivity (Wildman–Crippen MR) is 152 cm³/mol. The Hall–Kier alpha value is -3.30. The molecule has 1 aliphatic heterocycles. The van der Waals surface area contributed by atoms with Crippen molar-refractivity contribution in [1.82, 2.24) is 10.2 Å². The topological polar surface area (TPSA) is 95.6 Å². The van der Waals surface area contributed by atoms with E-state index < -0.39 is 10.0 Å². The third kappa shape index (κ3) is 6.96. The van der Waals surface area contributed by atoms with E-state index in [9.17, 15) is 18.0 Å². The maximum Gasteiger partial charge on any atom is 0.261 e.